The van der Waals surface area contributed by atoms with Crippen LogP contribution in [-0.2, 0) is 0 Å². The molecule has 1 saturated carbocycles. The minimum absolute atomic E-state index is 0.355. The van der Waals surface area contributed by atoms with Gasteiger partial charge in [0.05, 0.1) is 6.10 Å². The van der Waals surface area contributed by atoms with Gasteiger partial charge in [0.1, 0.15) is 0 Å². The van der Waals surface area contributed by atoms with Crippen molar-refractivity contribution in [2.75, 3.05) is 13.6 Å². The lowest BCUT2D eigenvalue weighted by molar-refractivity contribution is 0.0776. The second kappa shape index (κ2) is 4.98. The molecule has 0 radical (unpaired) electrons. The van der Waals surface area contributed by atoms with E-state index in [9.17, 15) is 5.11 Å². The number of aryl methyl sites for hydroxylation is 1. The van der Waals surface area contributed by atoms with Crippen LogP contribution in [0.2, 0.25) is 0 Å². The minimum atomic E-state index is -0.355. The predicted molar refractivity (Wildman–Crippen MR) is 66.4 cm³/mol. The van der Waals surface area contributed by atoms with E-state index in [2.05, 4.69) is 31.0 Å². The van der Waals surface area contributed by atoms with Gasteiger partial charge in [0, 0.05) is 12.6 Å². The fourth-order valence-corrected chi connectivity index (χ4v) is 2.14. The van der Waals surface area contributed by atoms with Gasteiger partial charge in [-0.3, -0.25) is 0 Å². The molecule has 1 aliphatic rings. The van der Waals surface area contributed by atoms with Crippen LogP contribution in [-0.4, -0.2) is 29.6 Å². The first kappa shape index (κ1) is 11.6. The molecule has 0 spiro atoms. The van der Waals surface area contributed by atoms with Crippen molar-refractivity contribution in [1.82, 2.24) is 4.90 Å². The smallest absolute Gasteiger partial charge is 0.0916 e. The highest BCUT2D eigenvalue weighted by molar-refractivity contribution is 5.23. The number of likely N-dealkylation sites (N-methyl/N-ethyl adjacent to an activating group) is 1. The Bertz CT molecular complexity index is 329. The summed E-state index contributed by atoms with van der Waals surface area (Å²) in [7, 11) is 2.11. The summed E-state index contributed by atoms with van der Waals surface area (Å²) in [4.78, 5) is 2.29. The van der Waals surface area contributed by atoms with Crippen molar-refractivity contribution in [3.8, 4) is 0 Å². The average molecular weight is 219 g/mol. The Hall–Kier alpha value is -0.860. The van der Waals surface area contributed by atoms with E-state index in [1.165, 1.54) is 24.8 Å². The number of rotatable bonds is 4. The summed E-state index contributed by atoms with van der Waals surface area (Å²) < 4.78 is 0. The molecule has 2 nitrogen and oxygen atoms in total. The van der Waals surface area contributed by atoms with Crippen LogP contribution in [0.1, 0.15) is 36.5 Å². The number of aliphatic hydroxyl groups excluding tert-OH is 1. The zero-order chi connectivity index (χ0) is 11.5. The van der Waals surface area contributed by atoms with E-state index in [1.54, 1.807) is 0 Å². The third kappa shape index (κ3) is 2.63. The molecular weight excluding hydrogens is 198 g/mol. The van der Waals surface area contributed by atoms with Crippen LogP contribution in [0.5, 0.6) is 0 Å². The highest BCUT2D eigenvalue weighted by Crippen LogP contribution is 2.25. The van der Waals surface area contributed by atoms with Gasteiger partial charge in [0.15, 0.2) is 0 Å². The molecule has 1 atom stereocenters. The number of aliphatic hydroxyl groups is 1. The molecular formula is C14H21NO. The van der Waals surface area contributed by atoms with E-state index < -0.39 is 0 Å². The Morgan fingerprint density at radius 1 is 1.31 bits per heavy atom. The third-order valence-corrected chi connectivity index (χ3v) is 3.62. The van der Waals surface area contributed by atoms with Gasteiger partial charge in [-0.2, -0.15) is 0 Å². The molecule has 0 bridgehead atoms. The molecule has 16 heavy (non-hydrogen) atoms. The Balaban J connectivity index is 1.91. The van der Waals surface area contributed by atoms with Crippen LogP contribution in [0.3, 0.4) is 0 Å². The monoisotopic (exact) mass is 219 g/mol. The molecule has 0 amide bonds. The minimum Gasteiger partial charge on any atom is -0.387 e. The lowest BCUT2D eigenvalue weighted by atomic mass is 9.91. The van der Waals surface area contributed by atoms with Gasteiger partial charge < -0.3 is 10.0 Å². The first-order valence-electron chi connectivity index (χ1n) is 6.11. The molecule has 0 aromatic heterocycles. The van der Waals surface area contributed by atoms with E-state index in [4.69, 9.17) is 0 Å². The fraction of sp³-hybridized carbons (Fsp3) is 0.571. The zero-order valence-corrected chi connectivity index (χ0v) is 10.2. The van der Waals surface area contributed by atoms with Crippen molar-refractivity contribution in [2.24, 2.45) is 0 Å². The van der Waals surface area contributed by atoms with Crippen LogP contribution in [0.15, 0.2) is 24.3 Å². The van der Waals surface area contributed by atoms with Gasteiger partial charge in [-0.15, -0.1) is 0 Å². The molecule has 2 rings (SSSR count). The lowest BCUT2D eigenvalue weighted by Gasteiger charge is -2.35. The normalized spacial score (nSPS) is 18.5. The first-order chi connectivity index (χ1) is 7.66. The molecule has 1 aromatic carbocycles. The third-order valence-electron chi connectivity index (χ3n) is 3.62. The summed E-state index contributed by atoms with van der Waals surface area (Å²) in [5.74, 6) is 0. The zero-order valence-electron chi connectivity index (χ0n) is 10.2. The fourth-order valence-electron chi connectivity index (χ4n) is 2.14. The van der Waals surface area contributed by atoms with Crippen molar-refractivity contribution >= 4 is 0 Å². The van der Waals surface area contributed by atoms with Crippen LogP contribution < -0.4 is 0 Å². The maximum absolute atomic E-state index is 10.1. The number of nitrogens with zero attached hydrogens (tertiary/aromatic N) is 1. The maximum Gasteiger partial charge on any atom is 0.0916 e. The van der Waals surface area contributed by atoms with Gasteiger partial charge in [-0.1, -0.05) is 36.2 Å². The van der Waals surface area contributed by atoms with E-state index in [1.807, 2.05) is 12.1 Å². The summed E-state index contributed by atoms with van der Waals surface area (Å²) in [5.41, 5.74) is 2.26. The van der Waals surface area contributed by atoms with Crippen molar-refractivity contribution in [3.05, 3.63) is 35.4 Å². The molecule has 0 saturated heterocycles. The number of hydrogen-bond acceptors (Lipinski definition) is 2. The Kier molecular flexibility index (Phi) is 3.62. The number of benzene rings is 1. The molecule has 1 N–H and O–H groups in total. The van der Waals surface area contributed by atoms with Gasteiger partial charge in [0.2, 0.25) is 0 Å². The van der Waals surface area contributed by atoms with Crippen LogP contribution in [0.4, 0.5) is 0 Å². The van der Waals surface area contributed by atoms with E-state index >= 15 is 0 Å². The standard InChI is InChI=1S/C14H21NO/c1-11-6-8-12(9-7-11)14(16)10-15(2)13-4-3-5-13/h6-9,13-14,16H,3-5,10H2,1-2H3. The predicted octanol–water partition coefficient (Wildman–Crippen LogP) is 2.51. The highest BCUT2D eigenvalue weighted by atomic mass is 16.3. The topological polar surface area (TPSA) is 23.5 Å². The molecule has 1 aromatic rings. The Morgan fingerprint density at radius 3 is 2.44 bits per heavy atom. The van der Waals surface area contributed by atoms with E-state index in [-0.39, 0.29) is 6.10 Å². The second-order valence-corrected chi connectivity index (χ2v) is 4.95. The molecule has 0 heterocycles. The average Bonchev–Trinajstić information content (AvgIpc) is 2.15. The van der Waals surface area contributed by atoms with Crippen molar-refractivity contribution in [2.45, 2.75) is 38.3 Å². The summed E-state index contributed by atoms with van der Waals surface area (Å²) in [6, 6.07) is 8.85. The van der Waals surface area contributed by atoms with E-state index in [0.29, 0.717) is 6.04 Å². The lowest BCUT2D eigenvalue weighted by Crippen LogP contribution is -2.39. The molecule has 2 heteroatoms. The molecule has 1 fully saturated rings. The van der Waals surface area contributed by atoms with Gasteiger partial charge >= 0.3 is 0 Å². The summed E-state index contributed by atoms with van der Waals surface area (Å²) in [6.45, 7) is 2.81. The largest absolute Gasteiger partial charge is 0.387 e. The molecule has 88 valence electrons. The molecule has 0 aliphatic heterocycles. The van der Waals surface area contributed by atoms with Crippen LogP contribution >= 0.6 is 0 Å². The first-order valence-corrected chi connectivity index (χ1v) is 6.11. The van der Waals surface area contributed by atoms with Gasteiger partial charge in [-0.05, 0) is 32.4 Å². The van der Waals surface area contributed by atoms with Gasteiger partial charge in [-0.25, -0.2) is 0 Å². The van der Waals surface area contributed by atoms with Crippen molar-refractivity contribution in [1.29, 1.82) is 0 Å². The van der Waals surface area contributed by atoms with E-state index in [0.717, 1.165) is 12.1 Å². The highest BCUT2D eigenvalue weighted by Gasteiger charge is 2.23. The van der Waals surface area contributed by atoms with Crippen LogP contribution in [0, 0.1) is 6.92 Å². The summed E-state index contributed by atoms with van der Waals surface area (Å²) >= 11 is 0. The SMILES string of the molecule is Cc1ccc(C(O)CN(C)C2CCC2)cc1. The number of hydrogen-bond donors (Lipinski definition) is 1. The second-order valence-electron chi connectivity index (χ2n) is 4.95. The maximum atomic E-state index is 10.1. The van der Waals surface area contributed by atoms with Crippen molar-refractivity contribution in [3.63, 3.8) is 0 Å². The summed E-state index contributed by atoms with van der Waals surface area (Å²) in [5, 5.41) is 10.1. The Morgan fingerprint density at radius 2 is 1.94 bits per heavy atom. The Labute approximate surface area is 97.9 Å². The quantitative estimate of drug-likeness (QED) is 0.841. The molecule has 1 aliphatic carbocycles. The summed E-state index contributed by atoms with van der Waals surface area (Å²) in [6.07, 6.45) is 3.57. The van der Waals surface area contributed by atoms with Crippen molar-refractivity contribution < 1.29 is 5.11 Å². The van der Waals surface area contributed by atoms with Crippen LogP contribution in [0.25, 0.3) is 0 Å². The van der Waals surface area contributed by atoms with Gasteiger partial charge in [0.25, 0.3) is 0 Å². The molecule has 1 unspecified atom stereocenters.